The molecule has 2 saturated carbocycles. The Labute approximate surface area is 105 Å². The highest BCUT2D eigenvalue weighted by atomic mass is 14.3. The van der Waals surface area contributed by atoms with Gasteiger partial charge >= 0.3 is 0 Å². The lowest BCUT2D eigenvalue weighted by molar-refractivity contribution is 0.693. The summed E-state index contributed by atoms with van der Waals surface area (Å²) in [6, 6.07) is 0. The van der Waals surface area contributed by atoms with E-state index in [0.717, 1.165) is 23.7 Å². The zero-order valence-corrected chi connectivity index (χ0v) is 10.7. The molecule has 2 fully saturated rings. The molecule has 4 rings (SSSR count). The van der Waals surface area contributed by atoms with E-state index < -0.39 is 0 Å². The molecule has 4 aliphatic carbocycles. The van der Waals surface area contributed by atoms with Gasteiger partial charge in [-0.1, -0.05) is 48.1 Å². The fraction of sp³-hybridized carbons (Fsp3) is 0.529. The highest BCUT2D eigenvalue weighted by molar-refractivity contribution is 5.26. The number of allylic oxidation sites excluding steroid dienone is 7. The molecule has 4 atom stereocenters. The van der Waals surface area contributed by atoms with E-state index in [9.17, 15) is 0 Å². The van der Waals surface area contributed by atoms with Crippen molar-refractivity contribution in [3.63, 3.8) is 0 Å². The molecular formula is C17H22. The maximum Gasteiger partial charge on any atom is -0.00174 e. The smallest absolute Gasteiger partial charge is 0.00174 e. The Bertz CT molecular complexity index is 408. The number of rotatable bonds is 0. The summed E-state index contributed by atoms with van der Waals surface area (Å²) in [5.41, 5.74) is 3.12. The third-order valence-electron chi connectivity index (χ3n) is 4.74. The summed E-state index contributed by atoms with van der Waals surface area (Å²) in [4.78, 5) is 0. The van der Waals surface area contributed by atoms with Crippen molar-refractivity contribution in [3.8, 4) is 0 Å². The van der Waals surface area contributed by atoms with Gasteiger partial charge in [-0.2, -0.15) is 0 Å². The zero-order chi connectivity index (χ0) is 11.8. The quantitative estimate of drug-likeness (QED) is 0.527. The second kappa shape index (κ2) is 4.33. The molecule has 0 aromatic rings. The minimum Gasteiger partial charge on any atom is -0.0992 e. The molecule has 0 aliphatic heterocycles. The van der Waals surface area contributed by atoms with Gasteiger partial charge in [-0.3, -0.25) is 0 Å². The Morgan fingerprint density at radius 3 is 1.88 bits per heavy atom. The fourth-order valence-corrected chi connectivity index (χ4v) is 3.70. The van der Waals surface area contributed by atoms with Crippen LogP contribution in [0.5, 0.6) is 0 Å². The minimum absolute atomic E-state index is 0.764. The number of hydrogen-bond donors (Lipinski definition) is 0. The van der Waals surface area contributed by atoms with Crippen LogP contribution < -0.4 is 0 Å². The minimum atomic E-state index is 0.764. The predicted octanol–water partition coefficient (Wildman–Crippen LogP) is 4.67. The van der Waals surface area contributed by atoms with Crippen LogP contribution in [0, 0.1) is 23.7 Å². The fourth-order valence-electron chi connectivity index (χ4n) is 3.70. The van der Waals surface area contributed by atoms with E-state index in [4.69, 9.17) is 0 Å². The Hall–Kier alpha value is -1.04. The van der Waals surface area contributed by atoms with Crippen molar-refractivity contribution in [1.29, 1.82) is 0 Å². The third-order valence-corrected chi connectivity index (χ3v) is 4.74. The third kappa shape index (κ3) is 2.06. The average Bonchev–Trinajstić information content (AvgIpc) is 3.09. The first-order valence-corrected chi connectivity index (χ1v) is 6.95. The van der Waals surface area contributed by atoms with E-state index in [-0.39, 0.29) is 0 Å². The molecule has 4 unspecified atom stereocenters. The van der Waals surface area contributed by atoms with E-state index in [2.05, 4.69) is 43.9 Å². The van der Waals surface area contributed by atoms with E-state index in [0.29, 0.717) is 0 Å². The SMILES string of the molecule is C/C=C1/CC2C=CC1C2.C=C1CC2C=CC1C2. The molecule has 17 heavy (non-hydrogen) atoms. The largest absolute Gasteiger partial charge is 0.0992 e. The lowest BCUT2D eigenvalue weighted by Crippen LogP contribution is -1.90. The van der Waals surface area contributed by atoms with Crippen molar-refractivity contribution in [2.24, 2.45) is 23.7 Å². The summed E-state index contributed by atoms with van der Waals surface area (Å²) in [6.45, 7) is 6.14. The van der Waals surface area contributed by atoms with Crippen molar-refractivity contribution in [2.75, 3.05) is 0 Å². The summed E-state index contributed by atoms with van der Waals surface area (Å²) in [6.07, 6.45) is 17.0. The monoisotopic (exact) mass is 226 g/mol. The maximum absolute atomic E-state index is 3.99. The van der Waals surface area contributed by atoms with Crippen LogP contribution in [-0.4, -0.2) is 0 Å². The standard InChI is InChI=1S/C9H12.C8H10/c1-2-8-5-7-3-4-9(8)6-7;1-6-4-7-2-3-8(6)5-7/h2-4,7,9H,5-6H2,1H3;2-3,7-8H,1,4-5H2/b8-2-;. The Morgan fingerprint density at radius 1 is 1.00 bits per heavy atom. The molecule has 0 N–H and O–H groups in total. The van der Waals surface area contributed by atoms with E-state index >= 15 is 0 Å². The Morgan fingerprint density at radius 2 is 1.65 bits per heavy atom. The zero-order valence-electron chi connectivity index (χ0n) is 10.7. The van der Waals surface area contributed by atoms with Crippen LogP contribution in [0.25, 0.3) is 0 Å². The van der Waals surface area contributed by atoms with Crippen LogP contribution in [0.2, 0.25) is 0 Å². The predicted molar refractivity (Wildman–Crippen MR) is 73.6 cm³/mol. The van der Waals surface area contributed by atoms with Crippen LogP contribution >= 0.6 is 0 Å². The van der Waals surface area contributed by atoms with Gasteiger partial charge in [0, 0.05) is 0 Å². The Kier molecular flexibility index (Phi) is 2.82. The van der Waals surface area contributed by atoms with Gasteiger partial charge in [0.05, 0.1) is 0 Å². The van der Waals surface area contributed by atoms with Gasteiger partial charge in [0.25, 0.3) is 0 Å². The first-order chi connectivity index (χ1) is 8.26. The van der Waals surface area contributed by atoms with Crippen LogP contribution in [0.15, 0.2) is 48.1 Å². The number of fused-ring (bicyclic) bond motifs is 4. The molecule has 0 aromatic carbocycles. The first-order valence-electron chi connectivity index (χ1n) is 6.95. The molecule has 0 amide bonds. The summed E-state index contributed by atoms with van der Waals surface area (Å²) in [5, 5.41) is 0. The van der Waals surface area contributed by atoms with Gasteiger partial charge in [-0.15, -0.1) is 0 Å². The van der Waals surface area contributed by atoms with Crippen LogP contribution in [0.3, 0.4) is 0 Å². The molecule has 0 spiro atoms. The highest BCUT2D eigenvalue weighted by Crippen LogP contribution is 2.42. The summed E-state index contributed by atoms with van der Waals surface area (Å²) < 4.78 is 0. The normalized spacial score (nSPS) is 42.4. The molecule has 0 aromatic heterocycles. The van der Waals surface area contributed by atoms with Gasteiger partial charge in [0.2, 0.25) is 0 Å². The molecule has 4 bridgehead atoms. The van der Waals surface area contributed by atoms with E-state index in [1.165, 1.54) is 31.3 Å². The van der Waals surface area contributed by atoms with Gasteiger partial charge in [-0.05, 0) is 56.3 Å². The lowest BCUT2D eigenvalue weighted by atomic mass is 10.0. The second-order valence-corrected chi connectivity index (χ2v) is 5.90. The topological polar surface area (TPSA) is 0 Å². The van der Waals surface area contributed by atoms with Crippen LogP contribution in [0.1, 0.15) is 32.6 Å². The molecule has 4 aliphatic rings. The van der Waals surface area contributed by atoms with E-state index in [1.807, 2.05) is 0 Å². The van der Waals surface area contributed by atoms with Crippen LogP contribution in [0.4, 0.5) is 0 Å². The van der Waals surface area contributed by atoms with Crippen LogP contribution in [-0.2, 0) is 0 Å². The molecule has 90 valence electrons. The summed E-state index contributed by atoms with van der Waals surface area (Å²) in [5.74, 6) is 3.37. The Balaban J connectivity index is 0.000000107. The van der Waals surface area contributed by atoms with E-state index in [1.54, 1.807) is 5.57 Å². The highest BCUT2D eigenvalue weighted by Gasteiger charge is 2.30. The molecular weight excluding hydrogens is 204 g/mol. The molecule has 0 nitrogen and oxygen atoms in total. The summed E-state index contributed by atoms with van der Waals surface area (Å²) in [7, 11) is 0. The van der Waals surface area contributed by atoms with Gasteiger partial charge in [0.15, 0.2) is 0 Å². The molecule has 0 heterocycles. The van der Waals surface area contributed by atoms with Crippen molar-refractivity contribution in [1.82, 2.24) is 0 Å². The second-order valence-electron chi connectivity index (χ2n) is 5.90. The number of hydrogen-bond acceptors (Lipinski definition) is 0. The van der Waals surface area contributed by atoms with Crippen molar-refractivity contribution < 1.29 is 0 Å². The molecule has 0 radical (unpaired) electrons. The molecule has 0 saturated heterocycles. The maximum atomic E-state index is 3.99. The lowest BCUT2D eigenvalue weighted by Gasteiger charge is -2.05. The summed E-state index contributed by atoms with van der Waals surface area (Å²) >= 11 is 0. The van der Waals surface area contributed by atoms with Gasteiger partial charge in [0.1, 0.15) is 0 Å². The van der Waals surface area contributed by atoms with Crippen molar-refractivity contribution >= 4 is 0 Å². The average molecular weight is 226 g/mol. The van der Waals surface area contributed by atoms with Gasteiger partial charge in [-0.25, -0.2) is 0 Å². The molecule has 0 heteroatoms. The van der Waals surface area contributed by atoms with Crippen molar-refractivity contribution in [3.05, 3.63) is 48.1 Å². The first kappa shape index (κ1) is 11.1. The van der Waals surface area contributed by atoms with Gasteiger partial charge < -0.3 is 0 Å². The van der Waals surface area contributed by atoms with Crippen molar-refractivity contribution in [2.45, 2.75) is 32.6 Å².